The summed E-state index contributed by atoms with van der Waals surface area (Å²) in [5.41, 5.74) is 0.218. The lowest BCUT2D eigenvalue weighted by Crippen LogP contribution is -2.52. The molecule has 2 heterocycles. The van der Waals surface area contributed by atoms with E-state index in [9.17, 15) is 9.59 Å². The molecule has 0 bridgehead atoms. The highest BCUT2D eigenvalue weighted by atomic mass is 32.1. The van der Waals surface area contributed by atoms with Crippen LogP contribution in [0.5, 0.6) is 0 Å². The third-order valence-corrected chi connectivity index (χ3v) is 5.45. The molecule has 25 heavy (non-hydrogen) atoms. The number of benzene rings is 1. The highest BCUT2D eigenvalue weighted by Crippen LogP contribution is 2.31. The van der Waals surface area contributed by atoms with Gasteiger partial charge in [0, 0.05) is 11.3 Å². The zero-order valence-corrected chi connectivity index (χ0v) is 15.6. The van der Waals surface area contributed by atoms with Crippen LogP contribution in [0.4, 0.5) is 0 Å². The van der Waals surface area contributed by atoms with Gasteiger partial charge in [0.05, 0.1) is 11.6 Å². The van der Waals surface area contributed by atoms with Gasteiger partial charge in [-0.05, 0) is 42.3 Å². The van der Waals surface area contributed by atoms with Crippen LogP contribution in [0.2, 0.25) is 0 Å². The second-order valence-corrected chi connectivity index (χ2v) is 8.10. The first kappa shape index (κ1) is 17.7. The second-order valence-electron chi connectivity index (χ2n) is 7.13. The van der Waals surface area contributed by atoms with Gasteiger partial charge in [-0.3, -0.25) is 4.79 Å². The summed E-state index contributed by atoms with van der Waals surface area (Å²) in [4.78, 5) is 26.4. The van der Waals surface area contributed by atoms with Gasteiger partial charge in [-0.25, -0.2) is 4.79 Å². The predicted molar refractivity (Wildman–Crippen MR) is 98.6 cm³/mol. The lowest BCUT2D eigenvalue weighted by molar-refractivity contribution is -0.140. The van der Waals surface area contributed by atoms with Gasteiger partial charge in [0.2, 0.25) is 0 Å². The summed E-state index contributed by atoms with van der Waals surface area (Å²) in [6.45, 7) is 5.95. The van der Waals surface area contributed by atoms with Gasteiger partial charge < -0.3 is 10.1 Å². The number of rotatable bonds is 5. The summed E-state index contributed by atoms with van der Waals surface area (Å²) in [6, 6.07) is 11.2. The van der Waals surface area contributed by atoms with E-state index in [0.29, 0.717) is 17.9 Å². The van der Waals surface area contributed by atoms with Crippen LogP contribution in [0.1, 0.15) is 54.0 Å². The molecule has 0 fully saturated rings. The van der Waals surface area contributed by atoms with Gasteiger partial charge in [0.15, 0.2) is 5.60 Å². The number of ether oxygens (including phenoxy) is 1. The molecule has 2 aromatic rings. The molecule has 1 N–H and O–H groups in total. The Morgan fingerprint density at radius 2 is 2.04 bits per heavy atom. The molecule has 4 nitrogen and oxygen atoms in total. The van der Waals surface area contributed by atoms with E-state index < -0.39 is 11.6 Å². The number of nitrogens with one attached hydrogen (secondary N) is 1. The van der Waals surface area contributed by atoms with Crippen molar-refractivity contribution >= 4 is 23.2 Å². The number of amides is 1. The van der Waals surface area contributed by atoms with E-state index in [-0.39, 0.29) is 11.9 Å². The molecule has 0 spiro atoms. The van der Waals surface area contributed by atoms with Crippen LogP contribution in [0.3, 0.4) is 0 Å². The summed E-state index contributed by atoms with van der Waals surface area (Å²) in [6.07, 6.45) is 1.23. The predicted octanol–water partition coefficient (Wildman–Crippen LogP) is 4.12. The van der Waals surface area contributed by atoms with Gasteiger partial charge in [-0.1, -0.05) is 38.1 Å². The minimum atomic E-state index is -1.18. The summed E-state index contributed by atoms with van der Waals surface area (Å²) in [7, 11) is 0. The minimum absolute atomic E-state index is 0.0693. The van der Waals surface area contributed by atoms with Crippen molar-refractivity contribution in [3.05, 3.63) is 57.8 Å². The zero-order valence-electron chi connectivity index (χ0n) is 14.7. The molecular formula is C20H23NO3S. The highest BCUT2D eigenvalue weighted by molar-refractivity contribution is 7.10. The molecule has 1 aromatic carbocycles. The molecule has 1 aliphatic heterocycles. The summed E-state index contributed by atoms with van der Waals surface area (Å²) < 4.78 is 5.54. The zero-order chi connectivity index (χ0) is 18.0. The average Bonchev–Trinajstić information content (AvgIpc) is 3.08. The molecule has 0 aliphatic carbocycles. The Balaban J connectivity index is 1.81. The van der Waals surface area contributed by atoms with E-state index in [1.165, 1.54) is 0 Å². The van der Waals surface area contributed by atoms with Crippen LogP contribution >= 0.6 is 11.3 Å². The lowest BCUT2D eigenvalue weighted by Gasteiger charge is -2.34. The third kappa shape index (κ3) is 3.76. The van der Waals surface area contributed by atoms with E-state index >= 15 is 0 Å². The molecule has 1 aromatic heterocycles. The molecule has 2 unspecified atom stereocenters. The summed E-state index contributed by atoms with van der Waals surface area (Å²) in [5, 5.41) is 5.11. The van der Waals surface area contributed by atoms with Crippen molar-refractivity contribution in [3.63, 3.8) is 0 Å². The Bertz CT molecular complexity index is 769. The van der Waals surface area contributed by atoms with Crippen LogP contribution in [0, 0.1) is 5.92 Å². The van der Waals surface area contributed by atoms with Crippen molar-refractivity contribution in [2.75, 3.05) is 0 Å². The summed E-state index contributed by atoms with van der Waals surface area (Å²) in [5.74, 6) is -0.236. The molecular weight excluding hydrogens is 334 g/mol. The molecule has 5 heteroatoms. The van der Waals surface area contributed by atoms with Crippen LogP contribution in [-0.4, -0.2) is 17.5 Å². The van der Waals surface area contributed by atoms with Gasteiger partial charge in [-0.2, -0.15) is 0 Å². The number of carbonyl (C=O) groups is 2. The number of hydrogen-bond acceptors (Lipinski definition) is 4. The molecule has 0 radical (unpaired) electrons. The first-order valence-corrected chi connectivity index (χ1v) is 9.42. The topological polar surface area (TPSA) is 55.4 Å². The van der Waals surface area contributed by atoms with Crippen LogP contribution in [-0.2, 0) is 16.0 Å². The Hall–Kier alpha value is -2.14. The maximum absolute atomic E-state index is 13.0. The number of fused-ring (bicyclic) bond motifs is 1. The smallest absolute Gasteiger partial charge is 0.339 e. The number of cyclic esters (lactones) is 1. The Labute approximate surface area is 152 Å². The second kappa shape index (κ2) is 7.00. The minimum Gasteiger partial charge on any atom is -0.445 e. The number of esters is 1. The van der Waals surface area contributed by atoms with Crippen LogP contribution < -0.4 is 5.32 Å². The van der Waals surface area contributed by atoms with Crippen molar-refractivity contribution in [2.24, 2.45) is 5.92 Å². The number of hydrogen-bond donors (Lipinski definition) is 1. The van der Waals surface area contributed by atoms with Crippen LogP contribution in [0.15, 0.2) is 41.8 Å². The Kier molecular flexibility index (Phi) is 4.95. The Morgan fingerprint density at radius 1 is 1.28 bits per heavy atom. The van der Waals surface area contributed by atoms with Crippen molar-refractivity contribution in [1.29, 1.82) is 0 Å². The SMILES string of the molecule is CC(C)CC(NC(=O)C1(C)Cc2ccccc2C(=O)O1)c1cccs1. The van der Waals surface area contributed by atoms with Crippen LogP contribution in [0.25, 0.3) is 0 Å². The van der Waals surface area contributed by atoms with E-state index in [4.69, 9.17) is 4.74 Å². The fourth-order valence-corrected chi connectivity index (χ4v) is 3.97. The molecule has 3 rings (SSSR count). The third-order valence-electron chi connectivity index (χ3n) is 4.46. The van der Waals surface area contributed by atoms with E-state index in [1.807, 2.05) is 29.6 Å². The van der Waals surface area contributed by atoms with Gasteiger partial charge in [-0.15, -0.1) is 11.3 Å². The summed E-state index contributed by atoms with van der Waals surface area (Å²) >= 11 is 1.63. The van der Waals surface area contributed by atoms with Crippen molar-refractivity contribution in [1.82, 2.24) is 5.32 Å². The average molecular weight is 357 g/mol. The van der Waals surface area contributed by atoms with E-state index in [1.54, 1.807) is 30.4 Å². The Morgan fingerprint density at radius 3 is 2.72 bits per heavy atom. The van der Waals surface area contributed by atoms with Gasteiger partial charge in [0.1, 0.15) is 0 Å². The van der Waals surface area contributed by atoms with E-state index in [2.05, 4.69) is 19.2 Å². The van der Waals surface area contributed by atoms with Crippen molar-refractivity contribution in [2.45, 2.75) is 45.3 Å². The lowest BCUT2D eigenvalue weighted by atomic mass is 9.89. The molecule has 2 atom stereocenters. The maximum atomic E-state index is 13.0. The largest absolute Gasteiger partial charge is 0.445 e. The first-order valence-electron chi connectivity index (χ1n) is 8.54. The highest BCUT2D eigenvalue weighted by Gasteiger charge is 2.43. The monoisotopic (exact) mass is 357 g/mol. The normalized spacial score (nSPS) is 20.7. The molecule has 132 valence electrons. The molecule has 1 amide bonds. The molecule has 1 aliphatic rings. The maximum Gasteiger partial charge on any atom is 0.339 e. The van der Waals surface area contributed by atoms with Gasteiger partial charge in [0.25, 0.3) is 5.91 Å². The van der Waals surface area contributed by atoms with Crippen molar-refractivity contribution < 1.29 is 14.3 Å². The number of carbonyl (C=O) groups excluding carboxylic acids is 2. The fourth-order valence-electron chi connectivity index (χ4n) is 3.18. The molecule has 0 saturated heterocycles. The van der Waals surface area contributed by atoms with E-state index in [0.717, 1.165) is 16.9 Å². The number of thiophene rings is 1. The fraction of sp³-hybridized carbons (Fsp3) is 0.400. The van der Waals surface area contributed by atoms with Gasteiger partial charge >= 0.3 is 5.97 Å². The van der Waals surface area contributed by atoms with Crippen molar-refractivity contribution in [3.8, 4) is 0 Å². The standard InChI is InChI=1S/C20H23NO3S/c1-13(2)11-16(17-9-6-10-25-17)21-19(23)20(3)12-14-7-4-5-8-15(14)18(22)24-20/h4-10,13,16H,11-12H2,1-3H3,(H,21,23). The quantitative estimate of drug-likeness (QED) is 0.819. The molecule has 0 saturated carbocycles. The first-order chi connectivity index (χ1) is 11.9.